The molecule has 0 rings (SSSR count). The van der Waals surface area contributed by atoms with Gasteiger partial charge in [-0.05, 0) is 19.8 Å². The second kappa shape index (κ2) is 9.19. The van der Waals surface area contributed by atoms with E-state index in [0.29, 0.717) is 13.0 Å². The van der Waals surface area contributed by atoms with Gasteiger partial charge in [0.05, 0.1) is 12.7 Å². The number of nitriles is 1. The minimum absolute atomic E-state index is 0.646. The van der Waals surface area contributed by atoms with Gasteiger partial charge in [-0.2, -0.15) is 5.26 Å². The Morgan fingerprint density at radius 2 is 2.27 bits per heavy atom. The Balaban J connectivity index is 2.86. The second-order valence-electron chi connectivity index (χ2n) is 2.26. The van der Waals surface area contributed by atoms with Gasteiger partial charge in [-0.1, -0.05) is 12.2 Å². The smallest absolute Gasteiger partial charge is 0.0647 e. The highest BCUT2D eigenvalue weighted by molar-refractivity contribution is 4.75. The van der Waals surface area contributed by atoms with Gasteiger partial charge in [0.1, 0.15) is 0 Å². The third kappa shape index (κ3) is 9.19. The van der Waals surface area contributed by atoms with E-state index in [4.69, 9.17) is 10.00 Å². The van der Waals surface area contributed by atoms with Gasteiger partial charge in [0.15, 0.2) is 0 Å². The Bertz CT molecular complexity index is 135. The molecule has 0 saturated carbocycles. The van der Waals surface area contributed by atoms with Crippen LogP contribution in [0.25, 0.3) is 0 Å². The topological polar surface area (TPSA) is 33.0 Å². The fourth-order valence-corrected chi connectivity index (χ4v) is 0.656. The van der Waals surface area contributed by atoms with Gasteiger partial charge in [-0.25, -0.2) is 0 Å². The van der Waals surface area contributed by atoms with Crippen molar-refractivity contribution >= 4 is 0 Å². The third-order valence-electron chi connectivity index (χ3n) is 1.28. The number of unbranched alkanes of at least 4 members (excludes halogenated alkanes) is 2. The molecule has 0 aromatic heterocycles. The lowest BCUT2D eigenvalue weighted by Gasteiger charge is -1.97. The van der Waals surface area contributed by atoms with Crippen LogP contribution in [0.3, 0.4) is 0 Å². The van der Waals surface area contributed by atoms with Crippen LogP contribution in [-0.2, 0) is 4.74 Å². The van der Waals surface area contributed by atoms with Crippen molar-refractivity contribution in [3.63, 3.8) is 0 Å². The van der Waals surface area contributed by atoms with E-state index in [1.807, 2.05) is 19.1 Å². The Hall–Kier alpha value is -0.810. The van der Waals surface area contributed by atoms with E-state index in [9.17, 15) is 0 Å². The summed E-state index contributed by atoms with van der Waals surface area (Å²) in [5, 5.41) is 8.21. The summed E-state index contributed by atoms with van der Waals surface area (Å²) in [6.07, 6.45) is 6.53. The summed E-state index contributed by atoms with van der Waals surface area (Å²) < 4.78 is 5.22. The first-order valence-electron chi connectivity index (χ1n) is 3.97. The highest BCUT2D eigenvalue weighted by Crippen LogP contribution is 1.93. The zero-order chi connectivity index (χ0) is 8.36. The van der Waals surface area contributed by atoms with E-state index in [-0.39, 0.29) is 0 Å². The molecular weight excluding hydrogens is 138 g/mol. The first-order valence-corrected chi connectivity index (χ1v) is 3.97. The summed E-state index contributed by atoms with van der Waals surface area (Å²) in [7, 11) is 0. The molecule has 0 amide bonds. The zero-order valence-electron chi connectivity index (χ0n) is 7.05. The van der Waals surface area contributed by atoms with E-state index in [2.05, 4.69) is 6.07 Å². The van der Waals surface area contributed by atoms with Crippen molar-refractivity contribution in [3.05, 3.63) is 12.2 Å². The van der Waals surface area contributed by atoms with Crippen LogP contribution in [0.2, 0.25) is 0 Å². The summed E-state index contributed by atoms with van der Waals surface area (Å²) >= 11 is 0. The van der Waals surface area contributed by atoms with Crippen molar-refractivity contribution < 1.29 is 4.74 Å². The van der Waals surface area contributed by atoms with E-state index in [1.165, 1.54) is 0 Å². The van der Waals surface area contributed by atoms with Crippen LogP contribution in [-0.4, -0.2) is 13.2 Å². The molecule has 0 aliphatic heterocycles. The highest BCUT2D eigenvalue weighted by atomic mass is 16.5. The minimum Gasteiger partial charge on any atom is -0.377 e. The van der Waals surface area contributed by atoms with Gasteiger partial charge in [-0.15, -0.1) is 0 Å². The molecule has 0 atom stereocenters. The summed E-state index contributed by atoms with van der Waals surface area (Å²) in [4.78, 5) is 0. The average molecular weight is 153 g/mol. The molecule has 0 bridgehead atoms. The van der Waals surface area contributed by atoms with Crippen LogP contribution < -0.4 is 0 Å². The molecule has 2 nitrogen and oxygen atoms in total. The second-order valence-corrected chi connectivity index (χ2v) is 2.26. The molecule has 0 aliphatic carbocycles. The summed E-state index contributed by atoms with van der Waals surface area (Å²) in [5.41, 5.74) is 0. The fraction of sp³-hybridized carbons (Fsp3) is 0.667. The molecule has 0 N–H and O–H groups in total. The Labute approximate surface area is 68.5 Å². The van der Waals surface area contributed by atoms with Gasteiger partial charge in [-0.3, -0.25) is 0 Å². The van der Waals surface area contributed by atoms with Crippen LogP contribution in [0.15, 0.2) is 12.2 Å². The van der Waals surface area contributed by atoms with Crippen molar-refractivity contribution in [2.24, 2.45) is 0 Å². The first kappa shape index (κ1) is 10.2. The van der Waals surface area contributed by atoms with Gasteiger partial charge < -0.3 is 4.74 Å². The standard InChI is InChI=1S/C9H15NO/c1-2-3-8-11-9-6-4-5-7-10/h2-3H,4-6,8-9H2,1H3. The van der Waals surface area contributed by atoms with E-state index >= 15 is 0 Å². The van der Waals surface area contributed by atoms with Gasteiger partial charge in [0.25, 0.3) is 0 Å². The molecule has 0 saturated heterocycles. The van der Waals surface area contributed by atoms with Gasteiger partial charge in [0.2, 0.25) is 0 Å². The predicted molar refractivity (Wildman–Crippen MR) is 45.1 cm³/mol. The Morgan fingerprint density at radius 1 is 1.45 bits per heavy atom. The summed E-state index contributed by atoms with van der Waals surface area (Å²) in [6, 6.07) is 2.10. The lowest BCUT2D eigenvalue weighted by atomic mass is 10.3. The molecule has 0 fully saturated rings. The summed E-state index contributed by atoms with van der Waals surface area (Å²) in [6.45, 7) is 3.44. The maximum absolute atomic E-state index is 8.21. The lowest BCUT2D eigenvalue weighted by Crippen LogP contribution is -1.93. The molecule has 0 radical (unpaired) electrons. The molecule has 2 heteroatoms. The molecule has 0 heterocycles. The maximum atomic E-state index is 8.21. The van der Waals surface area contributed by atoms with Crippen molar-refractivity contribution in [1.82, 2.24) is 0 Å². The molecule has 0 unspecified atom stereocenters. The van der Waals surface area contributed by atoms with Crippen molar-refractivity contribution in [2.45, 2.75) is 26.2 Å². The van der Waals surface area contributed by atoms with E-state index < -0.39 is 0 Å². The normalized spacial score (nSPS) is 10.2. The van der Waals surface area contributed by atoms with Crippen LogP contribution in [0.5, 0.6) is 0 Å². The number of rotatable bonds is 6. The lowest BCUT2D eigenvalue weighted by molar-refractivity contribution is 0.158. The molecule has 0 aromatic carbocycles. The average Bonchev–Trinajstić information content (AvgIpc) is 2.03. The van der Waals surface area contributed by atoms with Crippen LogP contribution in [0, 0.1) is 11.3 Å². The SMILES string of the molecule is CC=CCOCCCCC#N. The Morgan fingerprint density at radius 3 is 2.91 bits per heavy atom. The minimum atomic E-state index is 0.646. The molecular formula is C9H15NO. The Kier molecular flexibility index (Phi) is 8.51. The number of hydrogen-bond donors (Lipinski definition) is 0. The number of nitrogens with zero attached hydrogens (tertiary/aromatic N) is 1. The maximum Gasteiger partial charge on any atom is 0.0647 e. The highest BCUT2D eigenvalue weighted by Gasteiger charge is 1.86. The van der Waals surface area contributed by atoms with Gasteiger partial charge in [0, 0.05) is 13.0 Å². The number of hydrogen-bond acceptors (Lipinski definition) is 2. The first-order chi connectivity index (χ1) is 5.41. The van der Waals surface area contributed by atoms with Crippen molar-refractivity contribution in [2.75, 3.05) is 13.2 Å². The van der Waals surface area contributed by atoms with Crippen molar-refractivity contribution in [1.29, 1.82) is 5.26 Å². The third-order valence-corrected chi connectivity index (χ3v) is 1.28. The fourth-order valence-electron chi connectivity index (χ4n) is 0.656. The van der Waals surface area contributed by atoms with E-state index in [0.717, 1.165) is 19.4 Å². The van der Waals surface area contributed by atoms with E-state index in [1.54, 1.807) is 0 Å². The quantitative estimate of drug-likeness (QED) is 0.433. The largest absolute Gasteiger partial charge is 0.377 e. The molecule has 0 aliphatic rings. The number of ether oxygens (including phenoxy) is 1. The molecule has 62 valence electrons. The molecule has 0 aromatic rings. The zero-order valence-corrected chi connectivity index (χ0v) is 7.05. The molecule has 0 spiro atoms. The predicted octanol–water partition coefficient (Wildman–Crippen LogP) is 2.27. The molecule has 11 heavy (non-hydrogen) atoms. The van der Waals surface area contributed by atoms with Crippen LogP contribution in [0.4, 0.5) is 0 Å². The van der Waals surface area contributed by atoms with Crippen LogP contribution in [0.1, 0.15) is 26.2 Å². The monoisotopic (exact) mass is 153 g/mol. The summed E-state index contributed by atoms with van der Waals surface area (Å²) in [5.74, 6) is 0. The van der Waals surface area contributed by atoms with Crippen molar-refractivity contribution in [3.8, 4) is 6.07 Å². The number of allylic oxidation sites excluding steroid dienone is 1. The van der Waals surface area contributed by atoms with Gasteiger partial charge >= 0.3 is 0 Å². The van der Waals surface area contributed by atoms with Crippen LogP contribution >= 0.6 is 0 Å².